The number of esters is 1. The van der Waals surface area contributed by atoms with Crippen LogP contribution in [-0.2, 0) is 14.0 Å². The first-order valence-corrected chi connectivity index (χ1v) is 10.7. The van der Waals surface area contributed by atoms with Crippen LogP contribution in [0, 0.1) is 0 Å². The number of carbonyl (C=O) groups is 1. The molecule has 0 spiro atoms. The van der Waals surface area contributed by atoms with Crippen molar-refractivity contribution in [2.45, 2.75) is 77.8 Å². The van der Waals surface area contributed by atoms with E-state index in [0.29, 0.717) is 18.8 Å². The number of allylic oxidation sites excluding steroid dienone is 2. The summed E-state index contributed by atoms with van der Waals surface area (Å²) in [5, 5.41) is 0. The van der Waals surface area contributed by atoms with Crippen LogP contribution in [0.2, 0.25) is 6.32 Å². The minimum absolute atomic E-state index is 0.153. The quantitative estimate of drug-likeness (QED) is 0.213. The van der Waals surface area contributed by atoms with Gasteiger partial charge in [-0.2, -0.15) is 0 Å². The number of unbranched alkanes of at least 4 members (excludes halogenated alkanes) is 3. The van der Waals surface area contributed by atoms with Crippen LogP contribution in [0.5, 0.6) is 5.75 Å². The molecule has 6 heteroatoms. The summed E-state index contributed by atoms with van der Waals surface area (Å²) in [6.45, 7) is 11.2. The number of benzene rings is 1. The molecule has 1 fully saturated rings. The summed E-state index contributed by atoms with van der Waals surface area (Å²) in [6.07, 6.45) is 9.45. The Hall–Kier alpha value is -1.79. The van der Waals surface area contributed by atoms with Crippen LogP contribution in [-0.4, -0.2) is 37.5 Å². The molecular weight excluding hydrogens is 367 g/mol. The fourth-order valence-corrected chi connectivity index (χ4v) is 3.02. The Kier molecular flexibility index (Phi) is 8.78. The number of rotatable bonds is 11. The maximum atomic E-state index is 11.6. The first-order chi connectivity index (χ1) is 13.7. The molecule has 0 amide bonds. The zero-order valence-corrected chi connectivity index (χ0v) is 18.5. The van der Waals surface area contributed by atoms with Crippen molar-refractivity contribution in [3.05, 3.63) is 42.0 Å². The molecule has 29 heavy (non-hydrogen) atoms. The van der Waals surface area contributed by atoms with E-state index in [0.717, 1.165) is 37.8 Å². The summed E-state index contributed by atoms with van der Waals surface area (Å²) in [5.74, 6) is 0.478. The molecule has 160 valence electrons. The lowest BCUT2D eigenvalue weighted by Crippen LogP contribution is -2.41. The average Bonchev–Trinajstić information content (AvgIpc) is 2.87. The normalized spacial score (nSPS) is 17.6. The number of hydrogen-bond acceptors (Lipinski definition) is 5. The summed E-state index contributed by atoms with van der Waals surface area (Å²) < 4.78 is 22.7. The summed E-state index contributed by atoms with van der Waals surface area (Å²) in [6, 6.07) is 7.09. The van der Waals surface area contributed by atoms with Crippen LogP contribution in [0.3, 0.4) is 0 Å². The van der Waals surface area contributed by atoms with Crippen molar-refractivity contribution in [2.75, 3.05) is 13.2 Å². The number of carbonyl (C=O) groups excluding carboxylic acids is 1. The van der Waals surface area contributed by atoms with Gasteiger partial charge in [-0.3, -0.25) is 0 Å². The van der Waals surface area contributed by atoms with Crippen molar-refractivity contribution in [3.8, 4) is 5.75 Å². The van der Waals surface area contributed by atoms with Gasteiger partial charge < -0.3 is 18.8 Å². The highest BCUT2D eigenvalue weighted by molar-refractivity contribution is 6.46. The highest BCUT2D eigenvalue weighted by atomic mass is 16.7. The molecule has 0 unspecified atom stereocenters. The van der Waals surface area contributed by atoms with Crippen molar-refractivity contribution in [1.82, 2.24) is 0 Å². The first kappa shape index (κ1) is 23.5. The van der Waals surface area contributed by atoms with Gasteiger partial charge in [-0.1, -0.05) is 12.2 Å². The Morgan fingerprint density at radius 1 is 1.00 bits per heavy atom. The average molecular weight is 402 g/mol. The molecular formula is C23H35BO5. The maximum Gasteiger partial charge on any atom is 0.461 e. The van der Waals surface area contributed by atoms with Gasteiger partial charge in [0.2, 0.25) is 0 Å². The third-order valence-corrected chi connectivity index (χ3v) is 5.45. The van der Waals surface area contributed by atoms with Crippen LogP contribution in [0.15, 0.2) is 36.4 Å². The lowest BCUT2D eigenvalue weighted by molar-refractivity contribution is 0.00578. The second-order valence-corrected chi connectivity index (χ2v) is 8.34. The van der Waals surface area contributed by atoms with Gasteiger partial charge in [0, 0.05) is 6.32 Å². The molecule has 1 aliphatic heterocycles. The van der Waals surface area contributed by atoms with E-state index in [4.69, 9.17) is 18.8 Å². The van der Waals surface area contributed by atoms with E-state index in [9.17, 15) is 4.79 Å². The Balaban J connectivity index is 1.53. The molecule has 0 radical (unpaired) electrons. The van der Waals surface area contributed by atoms with Crippen molar-refractivity contribution < 1.29 is 23.6 Å². The van der Waals surface area contributed by atoms with Gasteiger partial charge in [-0.05, 0) is 84.6 Å². The number of hydrogen-bond donors (Lipinski definition) is 0. The molecule has 0 bridgehead atoms. The van der Waals surface area contributed by atoms with Crippen molar-refractivity contribution in [2.24, 2.45) is 0 Å². The smallest absolute Gasteiger partial charge is 0.461 e. The summed E-state index contributed by atoms with van der Waals surface area (Å²) in [5.41, 5.74) is 0.0291. The van der Waals surface area contributed by atoms with Gasteiger partial charge >= 0.3 is 13.1 Å². The molecule has 2 rings (SSSR count). The van der Waals surface area contributed by atoms with Crippen molar-refractivity contribution >= 4 is 13.1 Å². The Labute approximate surface area is 175 Å². The van der Waals surface area contributed by atoms with E-state index in [-0.39, 0.29) is 24.3 Å². The first-order valence-electron chi connectivity index (χ1n) is 10.7. The lowest BCUT2D eigenvalue weighted by Gasteiger charge is -2.32. The lowest BCUT2D eigenvalue weighted by atomic mass is 9.85. The highest BCUT2D eigenvalue weighted by Crippen LogP contribution is 2.37. The minimum atomic E-state index is -0.300. The van der Waals surface area contributed by atoms with Crippen LogP contribution >= 0.6 is 0 Å². The Bertz CT molecular complexity index is 650. The predicted octanol–water partition coefficient (Wildman–Crippen LogP) is 5.45. The predicted molar refractivity (Wildman–Crippen MR) is 116 cm³/mol. The molecule has 5 nitrogen and oxygen atoms in total. The fourth-order valence-electron chi connectivity index (χ4n) is 3.02. The van der Waals surface area contributed by atoms with E-state index in [1.165, 1.54) is 0 Å². The van der Waals surface area contributed by atoms with Gasteiger partial charge in [0.15, 0.2) is 0 Å². The SMILES string of the molecule is CCOC(=O)c1ccc(OCCCCC/C=C\CB2OC(C)(C)C(C)(C)O2)cc1. The standard InChI is InChI=1S/C23H35BO5/c1-6-26-21(25)19-13-15-20(16-14-19)27-18-12-10-8-7-9-11-17-24-28-22(2,3)23(4,5)29-24/h9,11,13-16H,6-8,10,12,17-18H2,1-5H3/b11-9-. The molecule has 1 aromatic carbocycles. The van der Waals surface area contributed by atoms with Gasteiger partial charge in [-0.25, -0.2) is 4.79 Å². The fraction of sp³-hybridized carbons (Fsp3) is 0.609. The molecule has 1 aromatic rings. The van der Waals surface area contributed by atoms with Crippen LogP contribution in [0.25, 0.3) is 0 Å². The van der Waals surface area contributed by atoms with Gasteiger partial charge in [0.1, 0.15) is 5.75 Å². The molecule has 0 atom stereocenters. The molecule has 0 aliphatic carbocycles. The van der Waals surface area contributed by atoms with Gasteiger partial charge in [0.05, 0.1) is 30.0 Å². The highest BCUT2D eigenvalue weighted by Gasteiger charge is 2.50. The van der Waals surface area contributed by atoms with E-state index in [2.05, 4.69) is 39.8 Å². The molecule has 1 aliphatic rings. The Morgan fingerprint density at radius 2 is 1.66 bits per heavy atom. The summed E-state index contributed by atoms with van der Waals surface area (Å²) >= 11 is 0. The third kappa shape index (κ3) is 7.20. The Morgan fingerprint density at radius 3 is 2.28 bits per heavy atom. The molecule has 0 aromatic heterocycles. The van der Waals surface area contributed by atoms with Crippen molar-refractivity contribution in [3.63, 3.8) is 0 Å². The van der Waals surface area contributed by atoms with Gasteiger partial charge in [0.25, 0.3) is 0 Å². The van der Waals surface area contributed by atoms with Crippen molar-refractivity contribution in [1.29, 1.82) is 0 Å². The zero-order valence-electron chi connectivity index (χ0n) is 18.5. The van der Waals surface area contributed by atoms with E-state index < -0.39 is 0 Å². The topological polar surface area (TPSA) is 54.0 Å². The maximum absolute atomic E-state index is 11.6. The van der Waals surface area contributed by atoms with E-state index >= 15 is 0 Å². The second kappa shape index (κ2) is 10.8. The molecule has 1 saturated heterocycles. The monoisotopic (exact) mass is 402 g/mol. The van der Waals surface area contributed by atoms with Crippen LogP contribution < -0.4 is 4.74 Å². The largest absolute Gasteiger partial charge is 0.494 e. The molecule has 1 heterocycles. The number of ether oxygens (including phenoxy) is 2. The second-order valence-electron chi connectivity index (χ2n) is 8.34. The van der Waals surface area contributed by atoms with Crippen LogP contribution in [0.4, 0.5) is 0 Å². The summed E-state index contributed by atoms with van der Waals surface area (Å²) in [7, 11) is -0.153. The zero-order chi connectivity index (χ0) is 21.3. The minimum Gasteiger partial charge on any atom is -0.494 e. The van der Waals surface area contributed by atoms with Gasteiger partial charge in [-0.15, -0.1) is 0 Å². The van der Waals surface area contributed by atoms with E-state index in [1.54, 1.807) is 19.1 Å². The summed E-state index contributed by atoms with van der Waals surface area (Å²) in [4.78, 5) is 11.6. The molecule has 0 saturated carbocycles. The third-order valence-electron chi connectivity index (χ3n) is 5.45. The molecule has 0 N–H and O–H groups in total. The van der Waals surface area contributed by atoms with Crippen LogP contribution in [0.1, 0.15) is 70.7 Å². The van der Waals surface area contributed by atoms with E-state index in [1.807, 2.05) is 12.1 Å².